The van der Waals surface area contributed by atoms with Gasteiger partial charge in [0.05, 0.1) is 12.1 Å². The number of carbonyl (C=O) groups excluding carboxylic acids is 1. The van der Waals surface area contributed by atoms with Crippen LogP contribution < -0.4 is 5.73 Å². The lowest BCUT2D eigenvalue weighted by molar-refractivity contribution is -0.147. The van der Waals surface area contributed by atoms with Crippen LogP contribution in [0.3, 0.4) is 0 Å². The van der Waals surface area contributed by atoms with Gasteiger partial charge in [-0.3, -0.25) is 4.79 Å². The molecule has 0 radical (unpaired) electrons. The van der Waals surface area contributed by atoms with Crippen LogP contribution in [0.4, 0.5) is 0 Å². The first-order valence-corrected chi connectivity index (χ1v) is 7.67. The topological polar surface area (TPSA) is 65.2 Å². The van der Waals surface area contributed by atoms with E-state index in [-0.39, 0.29) is 12.5 Å². The van der Waals surface area contributed by atoms with Crippen molar-refractivity contribution in [2.75, 3.05) is 13.7 Å². The molecule has 0 fully saturated rings. The molecular formula is C16H20N2O2S. The first-order valence-electron chi connectivity index (χ1n) is 6.79. The van der Waals surface area contributed by atoms with E-state index in [0.717, 1.165) is 21.8 Å². The largest absolute Gasteiger partial charge is 0.468 e. The van der Waals surface area contributed by atoms with E-state index >= 15 is 0 Å². The van der Waals surface area contributed by atoms with E-state index in [1.54, 1.807) is 11.3 Å². The maximum Gasteiger partial charge on any atom is 0.318 e. The molecular weight excluding hydrogens is 284 g/mol. The smallest absolute Gasteiger partial charge is 0.318 e. The predicted molar refractivity (Wildman–Crippen MR) is 84.5 cm³/mol. The Morgan fingerprint density at radius 3 is 2.62 bits per heavy atom. The van der Waals surface area contributed by atoms with E-state index in [4.69, 9.17) is 10.5 Å². The molecule has 1 aromatic heterocycles. The minimum atomic E-state index is -0.885. The van der Waals surface area contributed by atoms with Crippen molar-refractivity contribution in [1.82, 2.24) is 4.98 Å². The maximum absolute atomic E-state index is 12.5. The Morgan fingerprint density at radius 1 is 1.38 bits per heavy atom. The highest BCUT2D eigenvalue weighted by Crippen LogP contribution is 2.32. The van der Waals surface area contributed by atoms with E-state index in [0.29, 0.717) is 6.42 Å². The second kappa shape index (κ2) is 6.37. The van der Waals surface area contributed by atoms with Gasteiger partial charge in [-0.2, -0.15) is 0 Å². The Labute approximate surface area is 129 Å². The highest BCUT2D eigenvalue weighted by atomic mass is 32.1. The van der Waals surface area contributed by atoms with Crippen molar-refractivity contribution in [2.24, 2.45) is 5.73 Å². The normalized spacial score (nSPS) is 13.7. The van der Waals surface area contributed by atoms with Gasteiger partial charge in [-0.1, -0.05) is 24.3 Å². The second-order valence-corrected chi connectivity index (χ2v) is 6.09. The molecule has 0 spiro atoms. The number of ether oxygens (including phenoxy) is 1. The van der Waals surface area contributed by atoms with Gasteiger partial charge >= 0.3 is 5.97 Å². The van der Waals surface area contributed by atoms with Crippen molar-refractivity contribution >= 4 is 17.3 Å². The van der Waals surface area contributed by atoms with Gasteiger partial charge in [0.2, 0.25) is 0 Å². The molecule has 5 heteroatoms. The molecule has 1 heterocycles. The summed E-state index contributed by atoms with van der Waals surface area (Å²) in [5.41, 5.74) is 8.02. The summed E-state index contributed by atoms with van der Waals surface area (Å²) < 4.78 is 5.05. The summed E-state index contributed by atoms with van der Waals surface area (Å²) >= 11 is 1.55. The van der Waals surface area contributed by atoms with E-state index in [1.807, 2.05) is 43.5 Å². The van der Waals surface area contributed by atoms with Crippen molar-refractivity contribution in [2.45, 2.75) is 25.7 Å². The zero-order valence-corrected chi connectivity index (χ0v) is 13.4. The van der Waals surface area contributed by atoms with Crippen LogP contribution >= 0.6 is 11.3 Å². The van der Waals surface area contributed by atoms with E-state index in [2.05, 4.69) is 4.98 Å². The van der Waals surface area contributed by atoms with Crippen molar-refractivity contribution in [3.05, 3.63) is 51.5 Å². The quantitative estimate of drug-likeness (QED) is 0.861. The van der Waals surface area contributed by atoms with Crippen LogP contribution in [0, 0.1) is 13.8 Å². The number of hydrogen-bond donors (Lipinski definition) is 1. The minimum Gasteiger partial charge on any atom is -0.468 e. The Kier molecular flexibility index (Phi) is 4.75. The van der Waals surface area contributed by atoms with E-state index < -0.39 is 5.41 Å². The third kappa shape index (κ3) is 2.99. The lowest BCUT2D eigenvalue weighted by atomic mass is 9.75. The molecule has 1 atom stereocenters. The first-order chi connectivity index (χ1) is 10.0. The number of carbonyl (C=O) groups is 1. The molecule has 0 amide bonds. The number of benzene rings is 1. The van der Waals surface area contributed by atoms with Gasteiger partial charge in [0, 0.05) is 24.0 Å². The second-order valence-electron chi connectivity index (χ2n) is 5.15. The highest BCUT2D eigenvalue weighted by molar-refractivity contribution is 7.09. The monoisotopic (exact) mass is 304 g/mol. The molecule has 0 bridgehead atoms. The molecule has 0 saturated heterocycles. The summed E-state index contributed by atoms with van der Waals surface area (Å²) in [7, 11) is 1.40. The van der Waals surface area contributed by atoms with E-state index in [1.165, 1.54) is 7.11 Å². The summed E-state index contributed by atoms with van der Waals surface area (Å²) in [4.78, 5) is 17.0. The molecule has 2 aromatic rings. The number of nitrogens with zero attached hydrogens (tertiary/aromatic N) is 1. The number of aromatic nitrogens is 1. The van der Waals surface area contributed by atoms with Gasteiger partial charge in [-0.05, 0) is 25.0 Å². The number of thiazole rings is 1. The van der Waals surface area contributed by atoms with Crippen LogP contribution in [0.5, 0.6) is 0 Å². The fourth-order valence-corrected chi connectivity index (χ4v) is 3.48. The van der Waals surface area contributed by atoms with Crippen LogP contribution in [0.2, 0.25) is 0 Å². The lowest BCUT2D eigenvalue weighted by Crippen LogP contribution is -2.46. The Bertz CT molecular complexity index is 639. The summed E-state index contributed by atoms with van der Waals surface area (Å²) in [5, 5.41) is 2.87. The Hall–Kier alpha value is -1.72. The van der Waals surface area contributed by atoms with Crippen molar-refractivity contribution < 1.29 is 9.53 Å². The third-order valence-electron chi connectivity index (χ3n) is 3.70. The molecule has 0 aliphatic carbocycles. The van der Waals surface area contributed by atoms with Crippen LogP contribution in [0.15, 0.2) is 29.6 Å². The fourth-order valence-electron chi connectivity index (χ4n) is 2.59. The third-order valence-corrected chi connectivity index (χ3v) is 4.67. The van der Waals surface area contributed by atoms with Crippen LogP contribution in [0.25, 0.3) is 0 Å². The zero-order chi connectivity index (χ0) is 15.5. The summed E-state index contributed by atoms with van der Waals surface area (Å²) in [6, 6.07) is 7.79. The molecule has 0 aliphatic heterocycles. The highest BCUT2D eigenvalue weighted by Gasteiger charge is 2.42. The zero-order valence-electron chi connectivity index (χ0n) is 12.6. The van der Waals surface area contributed by atoms with Gasteiger partial charge in [0.25, 0.3) is 0 Å². The number of hydrogen-bond acceptors (Lipinski definition) is 5. The van der Waals surface area contributed by atoms with Gasteiger partial charge in [-0.15, -0.1) is 11.3 Å². The maximum atomic E-state index is 12.5. The van der Waals surface area contributed by atoms with Crippen molar-refractivity contribution in [3.63, 3.8) is 0 Å². The number of rotatable bonds is 5. The summed E-state index contributed by atoms with van der Waals surface area (Å²) in [6.45, 7) is 4.11. The van der Waals surface area contributed by atoms with Crippen molar-refractivity contribution in [1.29, 1.82) is 0 Å². The fraction of sp³-hybridized carbons (Fsp3) is 0.375. The number of nitrogens with two attached hydrogens (primary N) is 1. The lowest BCUT2D eigenvalue weighted by Gasteiger charge is -2.30. The van der Waals surface area contributed by atoms with E-state index in [9.17, 15) is 4.79 Å². The van der Waals surface area contributed by atoms with Crippen molar-refractivity contribution in [3.8, 4) is 0 Å². The minimum absolute atomic E-state index is 0.184. The van der Waals surface area contributed by atoms with Gasteiger partial charge in [-0.25, -0.2) is 4.98 Å². The van der Waals surface area contributed by atoms with Gasteiger partial charge in [0.15, 0.2) is 0 Å². The van der Waals surface area contributed by atoms with Gasteiger partial charge < -0.3 is 10.5 Å². The summed E-state index contributed by atoms with van der Waals surface area (Å²) in [5.74, 6) is -0.313. The molecule has 2 N–H and O–H groups in total. The standard InChI is InChI=1S/C16H20N2O2S/c1-11-6-4-5-7-13(11)16(10-17,15(19)20-3)8-14-18-12(2)9-21-14/h4-7,9H,8,10,17H2,1-3H3. The van der Waals surface area contributed by atoms with Crippen LogP contribution in [-0.4, -0.2) is 24.6 Å². The van der Waals surface area contributed by atoms with Crippen LogP contribution in [0.1, 0.15) is 21.8 Å². The number of esters is 1. The molecule has 1 unspecified atom stereocenters. The average Bonchev–Trinajstić information content (AvgIpc) is 2.90. The van der Waals surface area contributed by atoms with Gasteiger partial charge in [0.1, 0.15) is 5.41 Å². The molecule has 1 aromatic carbocycles. The first kappa shape index (κ1) is 15.7. The number of aryl methyl sites for hydroxylation is 2. The summed E-state index contributed by atoms with van der Waals surface area (Å²) in [6.07, 6.45) is 0.458. The molecule has 112 valence electrons. The SMILES string of the molecule is COC(=O)C(CN)(Cc1nc(C)cs1)c1ccccc1C. The molecule has 2 rings (SSSR count). The predicted octanol–water partition coefficient (Wildman–Crippen LogP) is 2.37. The Balaban J connectivity index is 2.53. The molecule has 21 heavy (non-hydrogen) atoms. The molecule has 0 aliphatic rings. The Morgan fingerprint density at radius 2 is 2.10 bits per heavy atom. The average molecular weight is 304 g/mol. The molecule has 0 saturated carbocycles. The molecule has 4 nitrogen and oxygen atoms in total. The number of methoxy groups -OCH3 is 1. The van der Waals surface area contributed by atoms with Crippen LogP contribution in [-0.2, 0) is 21.4 Å².